The predicted octanol–water partition coefficient (Wildman–Crippen LogP) is -6.19. The second-order valence-corrected chi connectivity index (χ2v) is 31.9. The summed E-state index contributed by atoms with van der Waals surface area (Å²) in [5.74, 6) is -18.1. The molecule has 3 saturated heterocycles. The quantitative estimate of drug-likeness (QED) is 0.0230. The molecule has 3 aliphatic rings. The molecule has 0 spiro atoms. The number of nitrogens with one attached hydrogen (secondary N) is 10. The standard InChI is InChI=1S/C79H133N17O24/c1-9-10-11-12-13-14-15-16-17-18-19-23-51-38-59(106)88-62(44(5)97)72(112)85-43(4)68(108)87-54(36-48-26-28-49(101)29-27-48)69(109)90-61(42(2)3)77(117)96-41-50(102)37-55(96)70(110)91-64(46(7)99)74(114)92-65(47(8)100)78(118)95-35-30-56(103)67(95)75(115)93-66(57(104)39-58(83)105)71(111)84-40-60(107)89-63(45(6)98)73(113)86-53(79(119)120-51)25-21-33-94(34-22-32-81)76(116)52(82)24-20-31-80/h26-29,42-47,50-57,61-67,97-104H,9-25,30-41,80-82H2,1-8H3,(H2,83,105)(H,84,111)(H,85,112)(H,86,113)(H,87,108)(H,88,106)(H,89,107)(H,90,109)(H,91,110)(H,92,114)(H,93,115)/t43-,44-,45-,46-,47-,50-,51-,52-,53+,54+,55+,56+,57-,61+,62-,63-,64-,65+,66+,67+/m1/s1. The molecule has 20 atom stereocenters. The van der Waals surface area contributed by atoms with E-state index in [9.17, 15) is 113 Å². The number of nitrogens with two attached hydrogens (primary N) is 4. The van der Waals surface area contributed by atoms with Gasteiger partial charge in [0.2, 0.25) is 82.7 Å². The minimum atomic E-state index is -2.26. The number of hydrogen-bond donors (Lipinski definition) is 22. The number of aromatic hydroxyl groups is 1. The van der Waals surface area contributed by atoms with Gasteiger partial charge in [-0.25, -0.2) is 4.79 Å². The van der Waals surface area contributed by atoms with Crippen molar-refractivity contribution in [3.8, 4) is 5.75 Å². The number of aliphatic hydroxyl groups is 7. The smallest absolute Gasteiger partial charge is 0.328 e. The number of carbonyl (C=O) groups is 15. The Balaban J connectivity index is 1.88. The molecule has 0 aliphatic carbocycles. The van der Waals surface area contributed by atoms with Crippen LogP contribution in [0.5, 0.6) is 5.75 Å². The third kappa shape index (κ3) is 33.6. The van der Waals surface area contributed by atoms with E-state index in [2.05, 4.69) is 60.1 Å². The lowest BCUT2D eigenvalue weighted by molar-refractivity contribution is -0.155. The lowest BCUT2D eigenvalue weighted by Crippen LogP contribution is -2.64. The van der Waals surface area contributed by atoms with Gasteiger partial charge in [0.05, 0.1) is 68.2 Å². The lowest BCUT2D eigenvalue weighted by atomic mass is 9.99. The van der Waals surface area contributed by atoms with Crippen molar-refractivity contribution in [3.05, 3.63) is 29.8 Å². The van der Waals surface area contributed by atoms with Gasteiger partial charge in [-0.05, 0) is 123 Å². The average Bonchev–Trinajstić information content (AvgIpc) is 1.63. The highest BCUT2D eigenvalue weighted by Crippen LogP contribution is 2.26. The largest absolute Gasteiger partial charge is 0.508 e. The molecule has 26 N–H and O–H groups in total. The second kappa shape index (κ2) is 52.1. The van der Waals surface area contributed by atoms with Crippen molar-refractivity contribution in [2.45, 2.75) is 318 Å². The van der Waals surface area contributed by atoms with Gasteiger partial charge in [0.25, 0.3) is 0 Å². The summed E-state index contributed by atoms with van der Waals surface area (Å²) < 4.78 is 6.11. The van der Waals surface area contributed by atoms with E-state index in [1.165, 1.54) is 49.9 Å². The zero-order valence-electron chi connectivity index (χ0n) is 70.2. The molecule has 3 fully saturated rings. The molecule has 678 valence electrons. The number of ether oxygens (including phenoxy) is 1. The van der Waals surface area contributed by atoms with Crippen LogP contribution in [0.4, 0.5) is 0 Å². The molecular formula is C79H133N17O24. The Morgan fingerprint density at radius 2 is 1.06 bits per heavy atom. The van der Waals surface area contributed by atoms with E-state index in [0.29, 0.717) is 36.1 Å². The maximum Gasteiger partial charge on any atom is 0.328 e. The molecule has 0 aromatic heterocycles. The summed E-state index contributed by atoms with van der Waals surface area (Å²) in [7, 11) is 0. The number of benzene rings is 1. The van der Waals surface area contributed by atoms with Crippen LogP contribution in [0.2, 0.25) is 0 Å². The van der Waals surface area contributed by atoms with Gasteiger partial charge in [-0.3, -0.25) is 67.1 Å². The van der Waals surface area contributed by atoms with Gasteiger partial charge in [-0.15, -0.1) is 0 Å². The first-order valence-corrected chi connectivity index (χ1v) is 41.7. The van der Waals surface area contributed by atoms with Crippen molar-refractivity contribution in [1.82, 2.24) is 67.9 Å². The van der Waals surface area contributed by atoms with Crippen LogP contribution in [0.1, 0.15) is 196 Å². The van der Waals surface area contributed by atoms with Crippen LogP contribution in [-0.4, -0.2) is 311 Å². The number of cyclic esters (lactones) is 1. The van der Waals surface area contributed by atoms with Gasteiger partial charge in [0.1, 0.15) is 78.3 Å². The van der Waals surface area contributed by atoms with Crippen LogP contribution in [0, 0.1) is 5.92 Å². The fourth-order valence-corrected chi connectivity index (χ4v) is 14.2. The van der Waals surface area contributed by atoms with Crippen LogP contribution in [0.25, 0.3) is 0 Å². The molecule has 3 aliphatic heterocycles. The molecule has 120 heavy (non-hydrogen) atoms. The first kappa shape index (κ1) is 103. The highest BCUT2D eigenvalue weighted by atomic mass is 16.5. The minimum Gasteiger partial charge on any atom is -0.508 e. The molecular weight excluding hydrogens is 1570 g/mol. The van der Waals surface area contributed by atoms with E-state index in [4.69, 9.17) is 27.7 Å². The summed E-state index contributed by atoms with van der Waals surface area (Å²) in [5, 5.41) is 112. The van der Waals surface area contributed by atoms with E-state index in [-0.39, 0.29) is 70.5 Å². The average molecular weight is 1710 g/mol. The number of fused-ring (bicyclic) bond motifs is 2. The van der Waals surface area contributed by atoms with Crippen molar-refractivity contribution in [3.63, 3.8) is 0 Å². The Bertz CT molecular complexity index is 3540. The Morgan fingerprint density at radius 3 is 1.62 bits per heavy atom. The first-order valence-electron chi connectivity index (χ1n) is 41.7. The van der Waals surface area contributed by atoms with E-state index in [1.54, 1.807) is 0 Å². The minimum absolute atomic E-state index is 0.00493. The normalized spacial score (nSPS) is 26.7. The van der Waals surface area contributed by atoms with Crippen LogP contribution in [0.3, 0.4) is 0 Å². The molecule has 0 radical (unpaired) electrons. The molecule has 14 amide bonds. The number of amides is 14. The number of phenols is 1. The summed E-state index contributed by atoms with van der Waals surface area (Å²) in [5.41, 5.74) is 23.6. The Hall–Kier alpha value is -9.33. The monoisotopic (exact) mass is 1700 g/mol. The molecule has 41 nitrogen and oxygen atoms in total. The highest BCUT2D eigenvalue weighted by molar-refractivity contribution is 6.00. The molecule has 1 aromatic carbocycles. The van der Waals surface area contributed by atoms with Crippen molar-refractivity contribution in [2.24, 2.45) is 28.9 Å². The number of carbonyl (C=O) groups excluding carboxylic acids is 15. The molecule has 3 heterocycles. The summed E-state index contributed by atoms with van der Waals surface area (Å²) in [4.78, 5) is 217. The number of unbranched alkanes of at least 4 members (excludes halogenated alkanes) is 10. The first-order chi connectivity index (χ1) is 56.7. The molecule has 0 saturated carbocycles. The zero-order chi connectivity index (χ0) is 89.8. The lowest BCUT2D eigenvalue weighted by Gasteiger charge is -2.34. The van der Waals surface area contributed by atoms with E-state index in [1.807, 2.05) is 0 Å². The van der Waals surface area contributed by atoms with E-state index in [0.717, 1.165) is 90.4 Å². The van der Waals surface area contributed by atoms with Crippen molar-refractivity contribution < 1.29 is 118 Å². The maximum absolute atomic E-state index is 14.9. The van der Waals surface area contributed by atoms with E-state index >= 15 is 0 Å². The summed E-state index contributed by atoms with van der Waals surface area (Å²) in [6, 6.07) is -15.8. The molecule has 41 heteroatoms. The summed E-state index contributed by atoms with van der Waals surface area (Å²) >= 11 is 0. The van der Waals surface area contributed by atoms with Gasteiger partial charge >= 0.3 is 5.97 Å². The number of aliphatic hydroxyl groups excluding tert-OH is 7. The van der Waals surface area contributed by atoms with Gasteiger partial charge in [-0.2, -0.15) is 0 Å². The van der Waals surface area contributed by atoms with Crippen LogP contribution in [-0.2, 0) is 83.1 Å². The Kier molecular flexibility index (Phi) is 44.7. The summed E-state index contributed by atoms with van der Waals surface area (Å²) in [6.45, 7) is 9.00. The zero-order valence-corrected chi connectivity index (χ0v) is 70.2. The van der Waals surface area contributed by atoms with Crippen LogP contribution >= 0.6 is 0 Å². The van der Waals surface area contributed by atoms with Crippen molar-refractivity contribution in [2.75, 3.05) is 45.8 Å². The molecule has 0 unspecified atom stereocenters. The Morgan fingerprint density at radius 1 is 0.550 bits per heavy atom. The summed E-state index contributed by atoms with van der Waals surface area (Å²) in [6.07, 6.45) is -6.20. The van der Waals surface area contributed by atoms with Gasteiger partial charge in [0, 0.05) is 39.0 Å². The topological polar surface area (TPSA) is 661 Å². The van der Waals surface area contributed by atoms with Gasteiger partial charge in [0.15, 0.2) is 0 Å². The second-order valence-electron chi connectivity index (χ2n) is 31.9. The van der Waals surface area contributed by atoms with E-state index < -0.39 is 255 Å². The van der Waals surface area contributed by atoms with Crippen LogP contribution in [0.15, 0.2) is 24.3 Å². The van der Waals surface area contributed by atoms with Crippen molar-refractivity contribution in [1.29, 1.82) is 0 Å². The maximum atomic E-state index is 14.9. The molecule has 0 bridgehead atoms. The van der Waals surface area contributed by atoms with Crippen LogP contribution < -0.4 is 76.1 Å². The number of primary amides is 1. The number of esters is 1. The fourth-order valence-electron chi connectivity index (χ4n) is 14.2. The third-order valence-corrected chi connectivity index (χ3v) is 21.2. The highest BCUT2D eigenvalue weighted by Gasteiger charge is 2.49. The van der Waals surface area contributed by atoms with Crippen molar-refractivity contribution >= 4 is 88.7 Å². The number of hydrogen-bond acceptors (Lipinski definition) is 27. The Labute approximate surface area is 699 Å². The third-order valence-electron chi connectivity index (χ3n) is 21.2. The fraction of sp³-hybridized carbons (Fsp3) is 0.734. The SMILES string of the molecule is CCCCCCCCCCCCC[C@@H]1CC(=O)N[C@H]([C@@H](C)O)C(=O)N[C@H](C)C(=O)N[C@@H](Cc2ccc(O)cc2)C(=O)N[C@@H](C(C)C)C(=O)N2C[C@H](O)C[C@H]2C(=O)N[C@H]([C@@H](C)O)C(=O)N[C@@H]([C@@H](C)O)C(=O)N2CC[C@H](O)[C@H]2C(=O)N[C@@H]([C@H](O)CC(N)=O)C(=O)NCC(=O)N[C@H]([C@@H](C)O)C(=O)N[C@@H](CCCN(CCCN)C(=O)[C@H](N)CCCN)C(=O)O1. The van der Waals surface area contributed by atoms with Gasteiger partial charge in [-0.1, -0.05) is 97.1 Å². The number of nitrogens with zero attached hydrogens (tertiary/aromatic N) is 3. The molecule has 1 aromatic rings. The number of rotatable bonds is 33. The van der Waals surface area contributed by atoms with Gasteiger partial charge < -0.3 is 136 Å². The predicted molar refractivity (Wildman–Crippen MR) is 433 cm³/mol. The number of phenolic OH excluding ortho intramolecular Hbond substituents is 1. The molecule has 4 rings (SSSR count).